The number of hydrogen-bond donors (Lipinski definition) is 0. The quantitative estimate of drug-likeness (QED) is 0.699. The van der Waals surface area contributed by atoms with Crippen molar-refractivity contribution in [1.29, 1.82) is 0 Å². The minimum absolute atomic E-state index is 0.129. The van der Waals surface area contributed by atoms with E-state index in [2.05, 4.69) is 0 Å². The Morgan fingerprint density at radius 1 is 0.815 bits per heavy atom. The maximum absolute atomic E-state index is 13.9. The van der Waals surface area contributed by atoms with Crippen LogP contribution in [0.5, 0.6) is 0 Å². The molecule has 3 aromatic carbocycles. The third-order valence-electron chi connectivity index (χ3n) is 5.17. The molecular weight excluding hydrogens is 358 g/mol. The number of para-hydroxylation sites is 1. The van der Waals surface area contributed by atoms with Crippen LogP contribution in [0.4, 0.5) is 5.69 Å². The molecule has 3 aromatic rings. The first-order valence-electron chi connectivity index (χ1n) is 8.65. The predicted octanol–water partition coefficient (Wildman–Crippen LogP) is 3.69. The van der Waals surface area contributed by atoms with Gasteiger partial charge in [-0.15, -0.1) is 0 Å². The summed E-state index contributed by atoms with van der Waals surface area (Å²) in [5.74, 6) is -0.462. The number of carbonyl (C=O) groups is 1. The molecule has 0 saturated heterocycles. The fraction of sp³-hybridized carbons (Fsp3) is 0.136. The molecule has 0 spiro atoms. The maximum Gasteiger partial charge on any atom is 0.257 e. The largest absolute Gasteiger partial charge is 0.313 e. The van der Waals surface area contributed by atoms with Gasteiger partial charge in [-0.25, -0.2) is 8.42 Å². The van der Waals surface area contributed by atoms with Crippen molar-refractivity contribution in [3.05, 3.63) is 95.6 Å². The molecule has 136 valence electrons. The molecule has 1 atom stereocenters. The van der Waals surface area contributed by atoms with Gasteiger partial charge in [0.15, 0.2) is 0 Å². The van der Waals surface area contributed by atoms with E-state index < -0.39 is 20.5 Å². The number of sulfone groups is 1. The molecule has 0 radical (unpaired) electrons. The Bertz CT molecular complexity index is 1120. The zero-order chi connectivity index (χ0) is 19.2. The summed E-state index contributed by atoms with van der Waals surface area (Å²) in [7, 11) is -2.43. The van der Waals surface area contributed by atoms with Crippen LogP contribution >= 0.6 is 0 Å². The Labute approximate surface area is 159 Å². The minimum Gasteiger partial charge on any atom is -0.313 e. The van der Waals surface area contributed by atoms with E-state index in [-0.39, 0.29) is 4.90 Å². The molecule has 0 fully saturated rings. The van der Waals surface area contributed by atoms with Crippen molar-refractivity contribution in [2.24, 2.45) is 0 Å². The van der Waals surface area contributed by atoms with Crippen molar-refractivity contribution >= 4 is 21.4 Å². The number of anilines is 1. The normalized spacial score (nSPS) is 19.2. The summed E-state index contributed by atoms with van der Waals surface area (Å²) in [6.45, 7) is 1.93. The lowest BCUT2D eigenvalue weighted by molar-refractivity contribution is -0.119. The lowest BCUT2D eigenvalue weighted by atomic mass is 9.91. The van der Waals surface area contributed by atoms with Crippen molar-refractivity contribution in [1.82, 2.24) is 0 Å². The highest BCUT2D eigenvalue weighted by atomic mass is 32.2. The molecule has 0 aliphatic carbocycles. The minimum atomic E-state index is -4.05. The van der Waals surface area contributed by atoms with Gasteiger partial charge in [0.25, 0.3) is 5.91 Å². The van der Waals surface area contributed by atoms with E-state index in [1.54, 1.807) is 67.7 Å². The maximum atomic E-state index is 13.9. The van der Waals surface area contributed by atoms with Crippen LogP contribution in [-0.4, -0.2) is 21.4 Å². The van der Waals surface area contributed by atoms with Crippen molar-refractivity contribution in [3.8, 4) is 0 Å². The summed E-state index contributed by atoms with van der Waals surface area (Å²) >= 11 is 0. The highest BCUT2D eigenvalue weighted by molar-refractivity contribution is 7.93. The first kappa shape index (κ1) is 17.5. The molecule has 5 heteroatoms. The first-order valence-corrected chi connectivity index (χ1v) is 10.1. The highest BCUT2D eigenvalue weighted by Crippen LogP contribution is 2.51. The topological polar surface area (TPSA) is 54.5 Å². The number of rotatable bonds is 3. The van der Waals surface area contributed by atoms with Crippen LogP contribution in [0, 0.1) is 6.92 Å². The van der Waals surface area contributed by atoms with E-state index in [9.17, 15) is 13.2 Å². The van der Waals surface area contributed by atoms with Gasteiger partial charge in [-0.2, -0.15) is 0 Å². The van der Waals surface area contributed by atoms with E-state index in [1.165, 1.54) is 4.90 Å². The highest BCUT2D eigenvalue weighted by Gasteiger charge is 2.60. The van der Waals surface area contributed by atoms with Gasteiger partial charge in [-0.3, -0.25) is 4.79 Å². The number of aryl methyl sites for hydroxylation is 1. The van der Waals surface area contributed by atoms with Crippen LogP contribution in [0.1, 0.15) is 16.7 Å². The number of likely N-dealkylation sites (N-methyl/N-ethyl adjacent to an activating group) is 1. The van der Waals surface area contributed by atoms with Crippen LogP contribution in [0.2, 0.25) is 0 Å². The number of benzene rings is 3. The zero-order valence-corrected chi connectivity index (χ0v) is 15.9. The second kappa shape index (κ2) is 6.06. The van der Waals surface area contributed by atoms with Gasteiger partial charge in [0.05, 0.1) is 4.90 Å². The monoisotopic (exact) mass is 377 g/mol. The van der Waals surface area contributed by atoms with E-state index >= 15 is 0 Å². The average molecular weight is 377 g/mol. The number of nitrogens with zero attached hydrogens (tertiary/aromatic N) is 1. The average Bonchev–Trinajstić information content (AvgIpc) is 2.92. The summed E-state index contributed by atoms with van der Waals surface area (Å²) in [6, 6.07) is 22.4. The molecule has 0 aromatic heterocycles. The number of fused-ring (bicyclic) bond motifs is 1. The molecule has 1 amide bonds. The summed E-state index contributed by atoms with van der Waals surface area (Å²) in [6.07, 6.45) is 0. The fourth-order valence-electron chi connectivity index (χ4n) is 3.78. The second-order valence-corrected chi connectivity index (χ2v) is 8.84. The standard InChI is InChI=1S/C22H19NO3S/c1-16-12-14-17(15-13-16)22(27(25,26)18-8-4-3-5-9-18)19-10-6-7-11-20(19)23(2)21(22)24/h3-15H,1-2H3. The van der Waals surface area contributed by atoms with E-state index in [1.807, 2.05) is 25.1 Å². The van der Waals surface area contributed by atoms with Crippen LogP contribution < -0.4 is 4.90 Å². The molecule has 1 unspecified atom stereocenters. The summed E-state index contributed by atoms with van der Waals surface area (Å²) in [4.78, 5) is 15.1. The van der Waals surface area contributed by atoms with Gasteiger partial charge in [-0.05, 0) is 30.7 Å². The Hall–Kier alpha value is -2.92. The van der Waals surface area contributed by atoms with Crippen LogP contribution in [0.25, 0.3) is 0 Å². The third-order valence-corrected chi connectivity index (χ3v) is 7.49. The van der Waals surface area contributed by atoms with Gasteiger partial charge in [-0.1, -0.05) is 66.2 Å². The number of carbonyl (C=O) groups excluding carboxylic acids is 1. The zero-order valence-electron chi connectivity index (χ0n) is 15.1. The van der Waals surface area contributed by atoms with Gasteiger partial charge < -0.3 is 4.90 Å². The molecule has 0 bridgehead atoms. The van der Waals surface area contributed by atoms with Crippen LogP contribution in [0.15, 0.2) is 83.8 Å². The molecule has 27 heavy (non-hydrogen) atoms. The molecular formula is C22H19NO3S. The summed E-state index contributed by atoms with van der Waals surface area (Å²) in [5, 5.41) is 0. The number of hydrogen-bond acceptors (Lipinski definition) is 3. The van der Waals surface area contributed by atoms with Crippen molar-refractivity contribution < 1.29 is 13.2 Å². The van der Waals surface area contributed by atoms with Crippen molar-refractivity contribution in [3.63, 3.8) is 0 Å². The smallest absolute Gasteiger partial charge is 0.257 e. The van der Waals surface area contributed by atoms with Gasteiger partial charge in [0, 0.05) is 18.3 Å². The van der Waals surface area contributed by atoms with Gasteiger partial charge in [0.1, 0.15) is 0 Å². The Morgan fingerprint density at radius 2 is 1.41 bits per heavy atom. The molecule has 1 aliphatic rings. The molecule has 1 heterocycles. The molecule has 0 saturated carbocycles. The van der Waals surface area contributed by atoms with Gasteiger partial charge in [0.2, 0.25) is 14.6 Å². The van der Waals surface area contributed by atoms with Gasteiger partial charge >= 0.3 is 0 Å². The molecule has 4 rings (SSSR count). The molecule has 4 nitrogen and oxygen atoms in total. The van der Waals surface area contributed by atoms with E-state index in [0.29, 0.717) is 16.8 Å². The Kier molecular flexibility index (Phi) is 3.93. The Balaban J connectivity index is 2.13. The molecule has 0 N–H and O–H groups in total. The van der Waals surface area contributed by atoms with Crippen molar-refractivity contribution in [2.45, 2.75) is 16.6 Å². The van der Waals surface area contributed by atoms with E-state index in [4.69, 9.17) is 0 Å². The lowest BCUT2D eigenvalue weighted by Gasteiger charge is -2.29. The third kappa shape index (κ3) is 2.28. The first-order chi connectivity index (χ1) is 12.9. The summed E-state index contributed by atoms with van der Waals surface area (Å²) < 4.78 is 26.0. The summed E-state index contributed by atoms with van der Waals surface area (Å²) in [5.41, 5.74) is 2.56. The lowest BCUT2D eigenvalue weighted by Crippen LogP contribution is -2.46. The van der Waals surface area contributed by atoms with E-state index in [0.717, 1.165) is 5.56 Å². The predicted molar refractivity (Wildman–Crippen MR) is 105 cm³/mol. The second-order valence-electron chi connectivity index (χ2n) is 6.75. The van der Waals surface area contributed by atoms with Crippen molar-refractivity contribution in [2.75, 3.05) is 11.9 Å². The van der Waals surface area contributed by atoms with Crippen LogP contribution in [0.3, 0.4) is 0 Å². The SMILES string of the molecule is Cc1ccc(C2(S(=O)(=O)c3ccccc3)C(=O)N(C)c3ccccc32)cc1. The Morgan fingerprint density at radius 3 is 2.07 bits per heavy atom. The molecule has 1 aliphatic heterocycles. The number of amides is 1. The fourth-order valence-corrected chi connectivity index (χ4v) is 5.93. The van der Waals surface area contributed by atoms with Crippen LogP contribution in [-0.2, 0) is 19.4 Å².